The summed E-state index contributed by atoms with van der Waals surface area (Å²) in [6.07, 6.45) is 15.0. The summed E-state index contributed by atoms with van der Waals surface area (Å²) in [5.41, 5.74) is 0. The third-order valence-corrected chi connectivity index (χ3v) is 9.75. The second kappa shape index (κ2) is 12.2. The Morgan fingerprint density at radius 2 is 1.30 bits per heavy atom. The molecule has 0 aliphatic rings. The van der Waals surface area contributed by atoms with Crippen molar-refractivity contribution in [1.29, 1.82) is 0 Å². The highest BCUT2D eigenvalue weighted by Gasteiger charge is 2.38. The minimum absolute atomic E-state index is 0.173. The van der Waals surface area contributed by atoms with E-state index in [0.29, 0.717) is 0 Å². The van der Waals surface area contributed by atoms with Crippen molar-refractivity contribution in [3.8, 4) is 0 Å². The fraction of sp³-hybridized carbons (Fsp3) is 0.950. The molecule has 0 aliphatic heterocycles. The van der Waals surface area contributed by atoms with E-state index >= 15 is 0 Å². The summed E-state index contributed by atoms with van der Waals surface area (Å²) in [6, 6.07) is 0. The van der Waals surface area contributed by atoms with E-state index in [-0.39, 0.29) is 11.1 Å². The molecule has 0 saturated heterocycles. The van der Waals surface area contributed by atoms with Crippen molar-refractivity contribution in [2.75, 3.05) is 0 Å². The molecule has 0 aliphatic carbocycles. The van der Waals surface area contributed by atoms with Crippen LogP contribution in [0.5, 0.6) is 0 Å². The van der Waals surface area contributed by atoms with Gasteiger partial charge in [-0.25, -0.2) is 0 Å². The van der Waals surface area contributed by atoms with Gasteiger partial charge in [0, 0.05) is 0 Å². The maximum absolute atomic E-state index is 11.3. The number of hydrogen-bond acceptors (Lipinski definition) is 2. The van der Waals surface area contributed by atoms with Gasteiger partial charge in [-0.05, 0) is 24.6 Å². The van der Waals surface area contributed by atoms with Crippen LogP contribution in [0.3, 0.4) is 0 Å². The van der Waals surface area contributed by atoms with Crippen LogP contribution < -0.4 is 0 Å². The van der Waals surface area contributed by atoms with Crippen molar-refractivity contribution in [2.24, 2.45) is 0 Å². The predicted molar refractivity (Wildman–Crippen MR) is 105 cm³/mol. The summed E-state index contributed by atoms with van der Waals surface area (Å²) in [5.74, 6) is 0. The van der Waals surface area contributed by atoms with Crippen molar-refractivity contribution in [3.05, 3.63) is 0 Å². The van der Waals surface area contributed by atoms with Gasteiger partial charge in [0.25, 0.3) is 0 Å². The van der Waals surface area contributed by atoms with E-state index < -0.39 is 8.32 Å². The van der Waals surface area contributed by atoms with Crippen molar-refractivity contribution >= 4 is 14.6 Å². The van der Waals surface area contributed by atoms with Crippen molar-refractivity contribution in [3.63, 3.8) is 0 Å². The molecule has 0 unspecified atom stereocenters. The lowest BCUT2D eigenvalue weighted by atomic mass is 10.0. The van der Waals surface area contributed by atoms with Gasteiger partial charge < -0.3 is 9.22 Å². The minimum atomic E-state index is -1.82. The topological polar surface area (TPSA) is 26.3 Å². The van der Waals surface area contributed by atoms with E-state index in [4.69, 9.17) is 4.43 Å². The Morgan fingerprint density at radius 1 is 0.870 bits per heavy atom. The molecule has 0 radical (unpaired) electrons. The van der Waals surface area contributed by atoms with Crippen molar-refractivity contribution in [1.82, 2.24) is 0 Å². The van der Waals surface area contributed by atoms with Crippen LogP contribution in [0.1, 0.15) is 98.3 Å². The zero-order valence-electron chi connectivity index (χ0n) is 16.7. The van der Waals surface area contributed by atoms with Gasteiger partial charge in [0.1, 0.15) is 12.4 Å². The molecule has 2 nitrogen and oxygen atoms in total. The molecule has 3 heteroatoms. The van der Waals surface area contributed by atoms with Crippen LogP contribution in [-0.2, 0) is 9.22 Å². The van der Waals surface area contributed by atoms with Gasteiger partial charge in [-0.15, -0.1) is 0 Å². The molecule has 0 bridgehead atoms. The second-order valence-corrected chi connectivity index (χ2v) is 13.3. The molecule has 138 valence electrons. The highest BCUT2D eigenvalue weighted by Crippen LogP contribution is 2.37. The molecule has 1 atom stereocenters. The molecule has 0 amide bonds. The Balaban J connectivity index is 3.71. The molecular weight excluding hydrogens is 300 g/mol. The predicted octanol–water partition coefficient (Wildman–Crippen LogP) is 6.89. The quantitative estimate of drug-likeness (QED) is 0.195. The molecule has 0 rings (SSSR count). The van der Waals surface area contributed by atoms with Gasteiger partial charge in [0.05, 0.1) is 0 Å². The first kappa shape index (κ1) is 22.8. The summed E-state index contributed by atoms with van der Waals surface area (Å²) < 4.78 is 6.20. The molecule has 23 heavy (non-hydrogen) atoms. The van der Waals surface area contributed by atoms with E-state index in [2.05, 4.69) is 40.8 Å². The van der Waals surface area contributed by atoms with Gasteiger partial charge in [0.2, 0.25) is 0 Å². The SMILES string of the molecule is CCCCCCCCCCCC[C@H](C=O)O[Si](C)(C)C(C)(C)C. The number of carbonyl (C=O) groups excluding carboxylic acids is 1. The number of aldehydes is 1. The van der Waals surface area contributed by atoms with E-state index in [1.54, 1.807) is 0 Å². The third-order valence-electron chi connectivity index (χ3n) is 5.25. The van der Waals surface area contributed by atoms with E-state index in [9.17, 15) is 4.79 Å². The molecule has 0 N–H and O–H groups in total. The molecule has 0 aromatic rings. The first-order valence-electron chi connectivity index (χ1n) is 9.87. The first-order valence-corrected chi connectivity index (χ1v) is 12.8. The lowest BCUT2D eigenvalue weighted by Gasteiger charge is -2.38. The lowest BCUT2D eigenvalue weighted by molar-refractivity contribution is -0.114. The smallest absolute Gasteiger partial charge is 0.193 e. The normalized spacial score (nSPS) is 14.0. The number of rotatable bonds is 14. The van der Waals surface area contributed by atoms with Crippen LogP contribution in [0, 0.1) is 0 Å². The first-order chi connectivity index (χ1) is 10.7. The van der Waals surface area contributed by atoms with E-state index in [1.165, 1.54) is 57.8 Å². The molecular formula is C20H42O2Si. The average molecular weight is 343 g/mol. The van der Waals surface area contributed by atoms with Crippen LogP contribution in [-0.4, -0.2) is 20.7 Å². The van der Waals surface area contributed by atoms with Gasteiger partial charge in [-0.2, -0.15) is 0 Å². The minimum Gasteiger partial charge on any atom is -0.407 e. The summed E-state index contributed by atoms with van der Waals surface area (Å²) in [6.45, 7) is 13.4. The number of carbonyl (C=O) groups is 1. The standard InChI is InChI=1S/C20H42O2Si/c1-7-8-9-10-11-12-13-14-15-16-17-19(18-21)22-23(5,6)20(2,3)4/h18-19H,7-17H2,1-6H3/t19-/m1/s1. The lowest BCUT2D eigenvalue weighted by Crippen LogP contribution is -2.44. The number of unbranched alkanes of at least 4 members (excludes halogenated alkanes) is 9. The van der Waals surface area contributed by atoms with E-state index in [0.717, 1.165) is 19.1 Å². The summed E-state index contributed by atoms with van der Waals surface area (Å²) >= 11 is 0. The molecule has 0 aromatic carbocycles. The highest BCUT2D eigenvalue weighted by atomic mass is 28.4. The van der Waals surface area contributed by atoms with Gasteiger partial charge >= 0.3 is 0 Å². The van der Waals surface area contributed by atoms with Crippen LogP contribution in [0.15, 0.2) is 0 Å². The zero-order chi connectivity index (χ0) is 17.8. The van der Waals surface area contributed by atoms with Crippen molar-refractivity contribution < 1.29 is 9.22 Å². The average Bonchev–Trinajstić information content (AvgIpc) is 2.46. The maximum Gasteiger partial charge on any atom is 0.193 e. The summed E-state index contributed by atoms with van der Waals surface area (Å²) in [5, 5.41) is 0.173. The Kier molecular flexibility index (Phi) is 12.2. The van der Waals surface area contributed by atoms with Gasteiger partial charge in [-0.3, -0.25) is 0 Å². The largest absolute Gasteiger partial charge is 0.407 e. The fourth-order valence-electron chi connectivity index (χ4n) is 2.54. The summed E-state index contributed by atoms with van der Waals surface area (Å²) in [4.78, 5) is 11.3. The Morgan fingerprint density at radius 3 is 1.70 bits per heavy atom. The Bertz CT molecular complexity index is 295. The van der Waals surface area contributed by atoms with E-state index in [1.807, 2.05) is 0 Å². The van der Waals surface area contributed by atoms with Crippen LogP contribution in [0.2, 0.25) is 18.1 Å². The summed E-state index contributed by atoms with van der Waals surface area (Å²) in [7, 11) is -1.82. The highest BCUT2D eigenvalue weighted by molar-refractivity contribution is 6.74. The Labute approximate surface area is 146 Å². The van der Waals surface area contributed by atoms with Crippen LogP contribution in [0.25, 0.3) is 0 Å². The molecule has 0 heterocycles. The maximum atomic E-state index is 11.3. The zero-order valence-corrected chi connectivity index (χ0v) is 17.7. The molecule has 0 aromatic heterocycles. The molecule has 0 saturated carbocycles. The van der Waals surface area contributed by atoms with Crippen molar-refractivity contribution in [2.45, 2.75) is 123 Å². The van der Waals surface area contributed by atoms with Gasteiger partial charge in [0.15, 0.2) is 8.32 Å². The van der Waals surface area contributed by atoms with Gasteiger partial charge in [-0.1, -0.05) is 91.9 Å². The third kappa shape index (κ3) is 11.1. The second-order valence-electron chi connectivity index (χ2n) is 8.52. The molecule has 0 fully saturated rings. The monoisotopic (exact) mass is 342 g/mol. The number of hydrogen-bond donors (Lipinski definition) is 0. The van der Waals surface area contributed by atoms with Crippen LogP contribution in [0.4, 0.5) is 0 Å². The van der Waals surface area contributed by atoms with Crippen LogP contribution >= 0.6 is 0 Å². The Hall–Kier alpha value is -0.153. The fourth-order valence-corrected chi connectivity index (χ4v) is 3.83. The molecule has 0 spiro atoms.